The smallest absolute Gasteiger partial charge is 0.0793 e. The molecule has 2 saturated heterocycles. The summed E-state index contributed by atoms with van der Waals surface area (Å²) in [5.41, 5.74) is 0. The minimum Gasteiger partial charge on any atom is -0.390 e. The first-order valence-electron chi connectivity index (χ1n) is 7.47. The second kappa shape index (κ2) is 7.84. The highest BCUT2D eigenvalue weighted by molar-refractivity contribution is 8.00. The highest BCUT2D eigenvalue weighted by Gasteiger charge is 2.25. The third-order valence-corrected chi connectivity index (χ3v) is 5.50. The van der Waals surface area contributed by atoms with E-state index in [9.17, 15) is 5.11 Å². The molecular weight excluding hydrogens is 260 g/mol. The van der Waals surface area contributed by atoms with Gasteiger partial charge in [0.1, 0.15) is 0 Å². The van der Waals surface area contributed by atoms with Crippen LogP contribution in [0.2, 0.25) is 0 Å². The van der Waals surface area contributed by atoms with Crippen molar-refractivity contribution in [2.75, 3.05) is 58.2 Å². The molecule has 0 amide bonds. The zero-order valence-corrected chi connectivity index (χ0v) is 13.1. The maximum atomic E-state index is 10.2. The Morgan fingerprint density at radius 2 is 1.84 bits per heavy atom. The topological polar surface area (TPSA) is 35.9 Å². The summed E-state index contributed by atoms with van der Waals surface area (Å²) < 4.78 is 5.34. The second-order valence-electron chi connectivity index (χ2n) is 5.98. The van der Waals surface area contributed by atoms with Gasteiger partial charge in [-0.1, -0.05) is 13.8 Å². The number of β-amino-alcohol motifs (C(OH)–C–C–N with tert-alkyl or cyclic N) is 1. The van der Waals surface area contributed by atoms with Crippen LogP contribution >= 0.6 is 11.8 Å². The number of nitrogens with zero attached hydrogens (tertiary/aromatic N) is 2. The van der Waals surface area contributed by atoms with E-state index >= 15 is 0 Å². The van der Waals surface area contributed by atoms with E-state index in [-0.39, 0.29) is 6.10 Å². The summed E-state index contributed by atoms with van der Waals surface area (Å²) in [7, 11) is 0. The van der Waals surface area contributed by atoms with Crippen LogP contribution in [-0.4, -0.2) is 84.5 Å². The predicted molar refractivity (Wildman–Crippen MR) is 80.8 cm³/mol. The lowest BCUT2D eigenvalue weighted by molar-refractivity contribution is 0.00696. The van der Waals surface area contributed by atoms with Gasteiger partial charge in [-0.25, -0.2) is 0 Å². The third-order valence-electron chi connectivity index (χ3n) is 3.96. The first kappa shape index (κ1) is 15.6. The number of rotatable bonds is 5. The summed E-state index contributed by atoms with van der Waals surface area (Å²) in [6.45, 7) is 12.0. The largest absolute Gasteiger partial charge is 0.390 e. The van der Waals surface area contributed by atoms with Crippen molar-refractivity contribution in [3.8, 4) is 0 Å². The molecule has 2 aliphatic rings. The Morgan fingerprint density at radius 1 is 1.16 bits per heavy atom. The van der Waals surface area contributed by atoms with Crippen molar-refractivity contribution in [1.29, 1.82) is 0 Å². The molecule has 2 rings (SSSR count). The second-order valence-corrected chi connectivity index (χ2v) is 7.33. The maximum Gasteiger partial charge on any atom is 0.0793 e. The molecule has 0 bridgehead atoms. The monoisotopic (exact) mass is 288 g/mol. The molecule has 0 aromatic heterocycles. The lowest BCUT2D eigenvalue weighted by Gasteiger charge is -2.36. The summed E-state index contributed by atoms with van der Waals surface area (Å²) >= 11 is 2.09. The molecule has 2 aliphatic heterocycles. The van der Waals surface area contributed by atoms with Gasteiger partial charge in [-0.15, -0.1) is 0 Å². The average Bonchev–Trinajstić information content (AvgIpc) is 2.40. The number of ether oxygens (including phenoxy) is 1. The lowest BCUT2D eigenvalue weighted by Crippen LogP contribution is -2.48. The summed E-state index contributed by atoms with van der Waals surface area (Å²) in [6, 6.07) is 0. The van der Waals surface area contributed by atoms with Gasteiger partial charge in [-0.2, -0.15) is 11.8 Å². The van der Waals surface area contributed by atoms with Crippen LogP contribution in [0.4, 0.5) is 0 Å². The maximum absolute atomic E-state index is 10.2. The molecule has 5 heteroatoms. The standard InChI is InChI=1S/C14H28N2O2S/c1-12(2)14-11-16(5-8-19-14)10-13(17)9-15-3-6-18-7-4-15/h12-14,17H,3-11H2,1-2H3. The fourth-order valence-corrected chi connectivity index (χ4v) is 4.11. The third kappa shape index (κ3) is 5.23. The fraction of sp³-hybridized carbons (Fsp3) is 1.00. The molecule has 2 atom stereocenters. The van der Waals surface area contributed by atoms with Gasteiger partial charge in [-0.05, 0) is 5.92 Å². The minimum absolute atomic E-state index is 0.228. The Labute approximate surface area is 121 Å². The zero-order chi connectivity index (χ0) is 13.7. The normalized spacial score (nSPS) is 28.7. The number of aliphatic hydroxyl groups excluding tert-OH is 1. The molecule has 0 radical (unpaired) electrons. The Balaban J connectivity index is 1.70. The van der Waals surface area contributed by atoms with E-state index < -0.39 is 0 Å². The van der Waals surface area contributed by atoms with E-state index in [1.165, 1.54) is 5.75 Å². The predicted octanol–water partition coefficient (Wildman–Crippen LogP) is 0.753. The zero-order valence-electron chi connectivity index (χ0n) is 12.3. The van der Waals surface area contributed by atoms with E-state index in [2.05, 4.69) is 35.4 Å². The number of thioether (sulfide) groups is 1. The van der Waals surface area contributed by atoms with Crippen LogP contribution in [0, 0.1) is 5.92 Å². The van der Waals surface area contributed by atoms with E-state index in [1.807, 2.05) is 0 Å². The Hall–Kier alpha value is 0.190. The molecular formula is C14H28N2O2S. The Kier molecular flexibility index (Phi) is 6.42. The van der Waals surface area contributed by atoms with E-state index in [0.717, 1.165) is 63.7 Å². The van der Waals surface area contributed by atoms with Crippen LogP contribution in [-0.2, 0) is 4.74 Å². The fourth-order valence-electron chi connectivity index (χ4n) is 2.74. The van der Waals surface area contributed by atoms with Crippen LogP contribution in [0.15, 0.2) is 0 Å². The van der Waals surface area contributed by atoms with Crippen molar-refractivity contribution in [2.24, 2.45) is 5.92 Å². The molecule has 0 aromatic carbocycles. The van der Waals surface area contributed by atoms with Crippen molar-refractivity contribution < 1.29 is 9.84 Å². The van der Waals surface area contributed by atoms with Gasteiger partial charge < -0.3 is 9.84 Å². The van der Waals surface area contributed by atoms with E-state index in [4.69, 9.17) is 4.74 Å². The van der Waals surface area contributed by atoms with Crippen LogP contribution in [0.1, 0.15) is 13.8 Å². The first-order valence-corrected chi connectivity index (χ1v) is 8.52. The summed E-state index contributed by atoms with van der Waals surface area (Å²) in [5, 5.41) is 11.0. The van der Waals surface area contributed by atoms with Crippen LogP contribution in [0.3, 0.4) is 0 Å². The van der Waals surface area contributed by atoms with Crippen molar-refractivity contribution in [3.05, 3.63) is 0 Å². The highest BCUT2D eigenvalue weighted by atomic mass is 32.2. The molecule has 0 aliphatic carbocycles. The number of hydrogen-bond acceptors (Lipinski definition) is 5. The van der Waals surface area contributed by atoms with Crippen molar-refractivity contribution in [2.45, 2.75) is 25.2 Å². The van der Waals surface area contributed by atoms with Gasteiger partial charge in [0.25, 0.3) is 0 Å². The SMILES string of the molecule is CC(C)C1CN(CC(O)CN2CCOCC2)CCS1. The average molecular weight is 288 g/mol. The highest BCUT2D eigenvalue weighted by Crippen LogP contribution is 2.24. The molecule has 19 heavy (non-hydrogen) atoms. The van der Waals surface area contributed by atoms with Crippen LogP contribution in [0.25, 0.3) is 0 Å². The van der Waals surface area contributed by atoms with Crippen molar-refractivity contribution >= 4 is 11.8 Å². The van der Waals surface area contributed by atoms with Gasteiger partial charge in [-0.3, -0.25) is 9.80 Å². The molecule has 2 heterocycles. The summed E-state index contributed by atoms with van der Waals surface area (Å²) in [5.74, 6) is 1.93. The molecule has 0 saturated carbocycles. The molecule has 1 N–H and O–H groups in total. The Morgan fingerprint density at radius 3 is 2.53 bits per heavy atom. The number of morpholine rings is 1. The van der Waals surface area contributed by atoms with Gasteiger partial charge >= 0.3 is 0 Å². The molecule has 0 aromatic rings. The molecule has 2 fully saturated rings. The van der Waals surface area contributed by atoms with Crippen LogP contribution in [0.5, 0.6) is 0 Å². The molecule has 2 unspecified atom stereocenters. The number of aliphatic hydroxyl groups is 1. The quantitative estimate of drug-likeness (QED) is 0.808. The number of hydrogen-bond donors (Lipinski definition) is 1. The lowest BCUT2D eigenvalue weighted by atomic mass is 10.1. The van der Waals surface area contributed by atoms with Crippen molar-refractivity contribution in [3.63, 3.8) is 0 Å². The minimum atomic E-state index is -0.228. The molecule has 0 spiro atoms. The summed E-state index contributed by atoms with van der Waals surface area (Å²) in [6.07, 6.45) is -0.228. The van der Waals surface area contributed by atoms with Crippen LogP contribution < -0.4 is 0 Å². The van der Waals surface area contributed by atoms with E-state index in [0.29, 0.717) is 0 Å². The van der Waals surface area contributed by atoms with E-state index in [1.54, 1.807) is 0 Å². The molecule has 112 valence electrons. The first-order chi connectivity index (χ1) is 9.15. The molecule has 4 nitrogen and oxygen atoms in total. The summed E-state index contributed by atoms with van der Waals surface area (Å²) in [4.78, 5) is 4.75. The van der Waals surface area contributed by atoms with Gasteiger partial charge in [0, 0.05) is 50.3 Å². The van der Waals surface area contributed by atoms with Gasteiger partial charge in [0.2, 0.25) is 0 Å². The van der Waals surface area contributed by atoms with Crippen molar-refractivity contribution in [1.82, 2.24) is 9.80 Å². The van der Waals surface area contributed by atoms with Gasteiger partial charge in [0.05, 0.1) is 19.3 Å². The Bertz CT molecular complexity index is 260. The van der Waals surface area contributed by atoms with Gasteiger partial charge in [0.15, 0.2) is 0 Å².